The highest BCUT2D eigenvalue weighted by Crippen LogP contribution is 2.33. The predicted octanol–water partition coefficient (Wildman–Crippen LogP) is 4.79. The smallest absolute Gasteiger partial charge is 0.146 e. The van der Waals surface area contributed by atoms with Crippen molar-refractivity contribution in [3.05, 3.63) is 18.2 Å². The summed E-state index contributed by atoms with van der Waals surface area (Å²) in [5.74, 6) is 1.43. The van der Waals surface area contributed by atoms with E-state index in [2.05, 4.69) is 13.8 Å². The van der Waals surface area contributed by atoms with Gasteiger partial charge < -0.3 is 15.2 Å². The van der Waals surface area contributed by atoms with Crippen LogP contribution in [0.4, 0.5) is 5.69 Å². The Balaban J connectivity index is 2.54. The zero-order valence-electron chi connectivity index (χ0n) is 13.3. The summed E-state index contributed by atoms with van der Waals surface area (Å²) in [6.45, 7) is 8.30. The van der Waals surface area contributed by atoms with Gasteiger partial charge in [0.2, 0.25) is 0 Å². The number of nitrogen functional groups attached to an aromatic ring is 1. The van der Waals surface area contributed by atoms with Crippen molar-refractivity contribution in [2.45, 2.75) is 72.0 Å². The molecule has 0 aliphatic carbocycles. The van der Waals surface area contributed by atoms with Gasteiger partial charge in [-0.05, 0) is 45.7 Å². The Hall–Kier alpha value is -1.38. The first kappa shape index (κ1) is 16.7. The van der Waals surface area contributed by atoms with Crippen LogP contribution in [0.5, 0.6) is 11.5 Å². The van der Waals surface area contributed by atoms with Gasteiger partial charge in [0, 0.05) is 0 Å². The van der Waals surface area contributed by atoms with Crippen LogP contribution in [-0.2, 0) is 0 Å². The number of unbranched alkanes of at least 4 members (excludes halogenated alkanes) is 3. The van der Waals surface area contributed by atoms with Gasteiger partial charge in [0.1, 0.15) is 17.2 Å². The molecule has 0 aromatic heterocycles. The molecule has 3 nitrogen and oxygen atoms in total. The number of nitrogens with two attached hydrogens (primary N) is 1. The van der Waals surface area contributed by atoms with Crippen LogP contribution < -0.4 is 15.2 Å². The Kier molecular flexibility index (Phi) is 7.27. The van der Waals surface area contributed by atoms with E-state index < -0.39 is 0 Å². The molecule has 0 amide bonds. The van der Waals surface area contributed by atoms with Crippen LogP contribution in [0.15, 0.2) is 18.2 Å². The number of benzene rings is 1. The number of hydrogen-bond acceptors (Lipinski definition) is 3. The SMILES string of the molecule is CCCCCCC(C)Oc1cccc(OC(C)C)c1N. The fourth-order valence-corrected chi connectivity index (χ4v) is 2.12. The molecule has 1 rings (SSSR count). The summed E-state index contributed by atoms with van der Waals surface area (Å²) in [7, 11) is 0. The van der Waals surface area contributed by atoms with E-state index in [0.717, 1.165) is 12.2 Å². The highest BCUT2D eigenvalue weighted by molar-refractivity contribution is 5.62. The molecule has 1 aromatic rings. The lowest BCUT2D eigenvalue weighted by atomic mass is 10.1. The lowest BCUT2D eigenvalue weighted by Gasteiger charge is -2.18. The standard InChI is InChI=1S/C17H29NO2/c1-5-6-7-8-10-14(4)20-16-12-9-11-15(17(16)18)19-13(2)3/h9,11-14H,5-8,10,18H2,1-4H3. The van der Waals surface area contributed by atoms with E-state index in [-0.39, 0.29) is 12.2 Å². The first-order chi connectivity index (χ1) is 9.54. The summed E-state index contributed by atoms with van der Waals surface area (Å²) >= 11 is 0. The van der Waals surface area contributed by atoms with Gasteiger partial charge in [-0.3, -0.25) is 0 Å². The van der Waals surface area contributed by atoms with Crippen LogP contribution in [0.1, 0.15) is 59.8 Å². The molecule has 20 heavy (non-hydrogen) atoms. The van der Waals surface area contributed by atoms with Crippen molar-refractivity contribution in [3.8, 4) is 11.5 Å². The van der Waals surface area contributed by atoms with Gasteiger partial charge in [0.15, 0.2) is 0 Å². The van der Waals surface area contributed by atoms with Gasteiger partial charge in [-0.15, -0.1) is 0 Å². The number of hydrogen-bond donors (Lipinski definition) is 1. The largest absolute Gasteiger partial charge is 0.489 e. The molecular weight excluding hydrogens is 250 g/mol. The third-order valence-corrected chi connectivity index (χ3v) is 3.18. The highest BCUT2D eigenvalue weighted by Gasteiger charge is 2.11. The lowest BCUT2D eigenvalue weighted by molar-refractivity contribution is 0.204. The van der Waals surface area contributed by atoms with Crippen molar-refractivity contribution in [1.29, 1.82) is 0 Å². The van der Waals surface area contributed by atoms with Crippen molar-refractivity contribution >= 4 is 5.69 Å². The lowest BCUT2D eigenvalue weighted by Crippen LogP contribution is -2.14. The van der Waals surface area contributed by atoms with Crippen LogP contribution in [0, 0.1) is 0 Å². The number of para-hydroxylation sites is 1. The molecule has 1 atom stereocenters. The van der Waals surface area contributed by atoms with Crippen molar-refractivity contribution < 1.29 is 9.47 Å². The quantitative estimate of drug-likeness (QED) is 0.522. The molecule has 1 unspecified atom stereocenters. The molecule has 0 radical (unpaired) electrons. The number of ether oxygens (including phenoxy) is 2. The first-order valence-electron chi connectivity index (χ1n) is 7.76. The molecule has 0 heterocycles. The van der Waals surface area contributed by atoms with Gasteiger partial charge >= 0.3 is 0 Å². The zero-order chi connectivity index (χ0) is 15.0. The third-order valence-electron chi connectivity index (χ3n) is 3.18. The highest BCUT2D eigenvalue weighted by atomic mass is 16.5. The average molecular weight is 279 g/mol. The van der Waals surface area contributed by atoms with E-state index in [9.17, 15) is 0 Å². The molecule has 0 spiro atoms. The van der Waals surface area contributed by atoms with Crippen molar-refractivity contribution in [2.24, 2.45) is 0 Å². The number of anilines is 1. The van der Waals surface area contributed by atoms with E-state index >= 15 is 0 Å². The summed E-state index contributed by atoms with van der Waals surface area (Å²) in [5, 5.41) is 0. The van der Waals surface area contributed by atoms with Crippen molar-refractivity contribution in [3.63, 3.8) is 0 Å². The van der Waals surface area contributed by atoms with Crippen LogP contribution in [0.3, 0.4) is 0 Å². The maximum Gasteiger partial charge on any atom is 0.146 e. The van der Waals surface area contributed by atoms with E-state index in [4.69, 9.17) is 15.2 Å². The molecule has 3 heteroatoms. The van der Waals surface area contributed by atoms with Gasteiger partial charge in [-0.2, -0.15) is 0 Å². The second-order valence-electron chi connectivity index (χ2n) is 5.61. The average Bonchev–Trinajstić information content (AvgIpc) is 2.39. The summed E-state index contributed by atoms with van der Waals surface area (Å²) in [6, 6.07) is 5.71. The Bertz CT molecular complexity index is 391. The molecule has 0 aliphatic rings. The minimum Gasteiger partial charge on any atom is -0.489 e. The predicted molar refractivity (Wildman–Crippen MR) is 85.5 cm³/mol. The summed E-state index contributed by atoms with van der Waals surface area (Å²) < 4.78 is 11.6. The topological polar surface area (TPSA) is 44.5 Å². The summed E-state index contributed by atoms with van der Waals surface area (Å²) in [5.41, 5.74) is 6.70. The Morgan fingerprint density at radius 1 is 1.00 bits per heavy atom. The maximum absolute atomic E-state index is 6.11. The van der Waals surface area contributed by atoms with Crippen LogP contribution in [-0.4, -0.2) is 12.2 Å². The van der Waals surface area contributed by atoms with Crippen molar-refractivity contribution in [1.82, 2.24) is 0 Å². The Morgan fingerprint density at radius 3 is 2.25 bits per heavy atom. The fourth-order valence-electron chi connectivity index (χ4n) is 2.12. The minimum absolute atomic E-state index is 0.110. The Labute approximate surface area is 123 Å². The zero-order valence-corrected chi connectivity index (χ0v) is 13.3. The molecule has 1 aromatic carbocycles. The van der Waals surface area contributed by atoms with Crippen molar-refractivity contribution in [2.75, 3.05) is 5.73 Å². The summed E-state index contributed by atoms with van der Waals surface area (Å²) in [4.78, 5) is 0. The molecule has 0 aliphatic heterocycles. The monoisotopic (exact) mass is 279 g/mol. The second-order valence-corrected chi connectivity index (χ2v) is 5.61. The van der Waals surface area contributed by atoms with Gasteiger partial charge in [0.05, 0.1) is 12.2 Å². The Morgan fingerprint density at radius 2 is 1.65 bits per heavy atom. The molecule has 0 saturated heterocycles. The van der Waals surface area contributed by atoms with E-state index in [1.165, 1.54) is 25.7 Å². The molecule has 0 fully saturated rings. The first-order valence-corrected chi connectivity index (χ1v) is 7.76. The maximum atomic E-state index is 6.11. The second kappa shape index (κ2) is 8.72. The van der Waals surface area contributed by atoms with Crippen LogP contribution >= 0.6 is 0 Å². The molecular formula is C17H29NO2. The molecule has 114 valence electrons. The minimum atomic E-state index is 0.110. The fraction of sp³-hybridized carbons (Fsp3) is 0.647. The molecule has 2 N–H and O–H groups in total. The van der Waals surface area contributed by atoms with Crippen LogP contribution in [0.2, 0.25) is 0 Å². The summed E-state index contributed by atoms with van der Waals surface area (Å²) in [6.07, 6.45) is 6.40. The third kappa shape index (κ3) is 5.72. The van der Waals surface area contributed by atoms with Gasteiger partial charge in [-0.1, -0.05) is 32.3 Å². The van der Waals surface area contributed by atoms with E-state index in [1.54, 1.807) is 0 Å². The van der Waals surface area contributed by atoms with E-state index in [1.807, 2.05) is 32.0 Å². The van der Waals surface area contributed by atoms with Gasteiger partial charge in [-0.25, -0.2) is 0 Å². The normalized spacial score (nSPS) is 12.4. The van der Waals surface area contributed by atoms with Crippen LogP contribution in [0.25, 0.3) is 0 Å². The number of rotatable bonds is 9. The molecule has 0 bridgehead atoms. The van der Waals surface area contributed by atoms with Gasteiger partial charge in [0.25, 0.3) is 0 Å². The molecule has 0 saturated carbocycles. The van der Waals surface area contributed by atoms with E-state index in [0.29, 0.717) is 11.4 Å².